The third-order valence-corrected chi connectivity index (χ3v) is 5.70. The number of aromatic nitrogens is 3. The Balaban J connectivity index is 1.71. The average molecular weight is 359 g/mol. The highest BCUT2D eigenvalue weighted by Crippen LogP contribution is 2.26. The molecule has 6 heteroatoms. The Morgan fingerprint density at radius 3 is 2.72 bits per heavy atom. The Hall–Kier alpha value is -1.82. The van der Waals surface area contributed by atoms with E-state index in [4.69, 9.17) is 0 Å². The molecule has 1 fully saturated rings. The van der Waals surface area contributed by atoms with Crippen molar-refractivity contribution in [3.05, 3.63) is 35.7 Å². The van der Waals surface area contributed by atoms with Gasteiger partial charge in [0, 0.05) is 11.7 Å². The van der Waals surface area contributed by atoms with Crippen LogP contribution in [0.2, 0.25) is 0 Å². The normalized spacial score (nSPS) is 16.6. The molecule has 1 aliphatic rings. The molecule has 134 valence electrons. The zero-order valence-corrected chi connectivity index (χ0v) is 16.0. The first-order valence-electron chi connectivity index (χ1n) is 9.00. The molecule has 0 unspecified atom stereocenters. The quantitative estimate of drug-likeness (QED) is 0.826. The lowest BCUT2D eigenvalue weighted by atomic mass is 9.95. The number of amides is 1. The van der Waals surface area contributed by atoms with Crippen LogP contribution in [-0.4, -0.2) is 32.0 Å². The van der Waals surface area contributed by atoms with Crippen LogP contribution >= 0.6 is 11.8 Å². The number of rotatable bonds is 5. The molecule has 0 radical (unpaired) electrons. The van der Waals surface area contributed by atoms with Crippen molar-refractivity contribution in [1.82, 2.24) is 20.1 Å². The minimum atomic E-state index is -0.200. The molecular formula is C19H26N4OS. The van der Waals surface area contributed by atoms with Crippen molar-refractivity contribution in [2.45, 2.75) is 69.3 Å². The van der Waals surface area contributed by atoms with E-state index >= 15 is 0 Å². The van der Waals surface area contributed by atoms with E-state index in [1.807, 2.05) is 30.5 Å². The highest BCUT2D eigenvalue weighted by atomic mass is 32.2. The molecule has 25 heavy (non-hydrogen) atoms. The topological polar surface area (TPSA) is 59.8 Å². The lowest BCUT2D eigenvalue weighted by Gasteiger charge is -2.24. The summed E-state index contributed by atoms with van der Waals surface area (Å²) < 4.78 is 2.02. The number of benzene rings is 1. The van der Waals surface area contributed by atoms with Crippen LogP contribution in [0, 0.1) is 13.8 Å². The molecule has 1 aromatic carbocycles. The molecule has 1 atom stereocenters. The van der Waals surface area contributed by atoms with E-state index in [1.54, 1.807) is 0 Å². The first-order valence-corrected chi connectivity index (χ1v) is 9.88. The van der Waals surface area contributed by atoms with E-state index in [-0.39, 0.29) is 11.2 Å². The minimum absolute atomic E-state index is 0.0911. The van der Waals surface area contributed by atoms with Crippen molar-refractivity contribution in [3.63, 3.8) is 0 Å². The Labute approximate surface area is 153 Å². The van der Waals surface area contributed by atoms with Gasteiger partial charge in [-0.15, -0.1) is 10.2 Å². The third-order valence-electron chi connectivity index (χ3n) is 4.66. The van der Waals surface area contributed by atoms with Crippen LogP contribution in [-0.2, 0) is 4.79 Å². The lowest BCUT2D eigenvalue weighted by molar-refractivity contribution is -0.121. The molecule has 1 saturated carbocycles. The van der Waals surface area contributed by atoms with Crippen LogP contribution in [0.3, 0.4) is 0 Å². The molecule has 2 aromatic rings. The summed E-state index contributed by atoms with van der Waals surface area (Å²) in [7, 11) is 0. The zero-order valence-electron chi connectivity index (χ0n) is 15.2. The molecule has 0 aliphatic heterocycles. The van der Waals surface area contributed by atoms with Crippen LogP contribution in [0.1, 0.15) is 50.4 Å². The molecule has 1 aromatic heterocycles. The molecule has 3 rings (SSSR count). The van der Waals surface area contributed by atoms with Crippen molar-refractivity contribution in [3.8, 4) is 5.69 Å². The van der Waals surface area contributed by atoms with E-state index in [9.17, 15) is 4.79 Å². The van der Waals surface area contributed by atoms with Gasteiger partial charge in [-0.2, -0.15) is 0 Å². The summed E-state index contributed by atoms with van der Waals surface area (Å²) in [6.45, 7) is 5.94. The van der Waals surface area contributed by atoms with Gasteiger partial charge in [-0.1, -0.05) is 43.2 Å². The Morgan fingerprint density at radius 1 is 1.24 bits per heavy atom. The number of hydrogen-bond acceptors (Lipinski definition) is 4. The lowest BCUT2D eigenvalue weighted by Crippen LogP contribution is -2.40. The van der Waals surface area contributed by atoms with Gasteiger partial charge in [0.1, 0.15) is 5.82 Å². The number of nitrogens with one attached hydrogen (secondary N) is 1. The fourth-order valence-electron chi connectivity index (χ4n) is 3.26. The summed E-state index contributed by atoms with van der Waals surface area (Å²) in [6, 6.07) is 8.57. The Morgan fingerprint density at radius 2 is 2.00 bits per heavy atom. The fraction of sp³-hybridized carbons (Fsp3) is 0.526. The van der Waals surface area contributed by atoms with Gasteiger partial charge in [-0.25, -0.2) is 0 Å². The molecule has 1 heterocycles. The molecule has 5 nitrogen and oxygen atoms in total. The van der Waals surface area contributed by atoms with Crippen molar-refractivity contribution in [1.29, 1.82) is 0 Å². The van der Waals surface area contributed by atoms with Gasteiger partial charge < -0.3 is 5.32 Å². The van der Waals surface area contributed by atoms with Crippen molar-refractivity contribution in [2.24, 2.45) is 0 Å². The maximum absolute atomic E-state index is 12.5. The summed E-state index contributed by atoms with van der Waals surface area (Å²) in [6.07, 6.45) is 5.92. The molecule has 0 saturated heterocycles. The average Bonchev–Trinajstić information content (AvgIpc) is 2.96. The Kier molecular flexibility index (Phi) is 5.78. The number of hydrogen-bond donors (Lipinski definition) is 1. The van der Waals surface area contributed by atoms with Crippen molar-refractivity contribution >= 4 is 17.7 Å². The van der Waals surface area contributed by atoms with E-state index in [1.165, 1.54) is 36.6 Å². The number of carbonyl (C=O) groups excluding carboxylic acids is 1. The van der Waals surface area contributed by atoms with Crippen molar-refractivity contribution < 1.29 is 4.79 Å². The number of thioether (sulfide) groups is 1. The molecule has 1 N–H and O–H groups in total. The van der Waals surface area contributed by atoms with Gasteiger partial charge >= 0.3 is 0 Å². The van der Waals surface area contributed by atoms with Gasteiger partial charge in [0.05, 0.1) is 5.25 Å². The molecule has 0 bridgehead atoms. The maximum Gasteiger partial charge on any atom is 0.233 e. The van der Waals surface area contributed by atoms with Gasteiger partial charge in [0.25, 0.3) is 0 Å². The monoisotopic (exact) mass is 358 g/mol. The number of carbonyl (C=O) groups is 1. The second kappa shape index (κ2) is 8.04. The van der Waals surface area contributed by atoms with Gasteiger partial charge in [-0.05, 0) is 51.3 Å². The van der Waals surface area contributed by atoms with Crippen LogP contribution in [0.4, 0.5) is 0 Å². The van der Waals surface area contributed by atoms with Gasteiger partial charge in [-0.3, -0.25) is 9.36 Å². The second-order valence-electron chi connectivity index (χ2n) is 6.81. The summed E-state index contributed by atoms with van der Waals surface area (Å²) in [5.74, 6) is 0.918. The van der Waals surface area contributed by atoms with Crippen LogP contribution in [0.15, 0.2) is 29.4 Å². The van der Waals surface area contributed by atoms with E-state index < -0.39 is 0 Å². The largest absolute Gasteiger partial charge is 0.352 e. The summed E-state index contributed by atoms with van der Waals surface area (Å²) >= 11 is 1.47. The second-order valence-corrected chi connectivity index (χ2v) is 8.12. The maximum atomic E-state index is 12.5. The third kappa shape index (κ3) is 4.42. The highest BCUT2D eigenvalue weighted by Gasteiger charge is 2.23. The molecule has 1 aliphatic carbocycles. The fourth-order valence-corrected chi connectivity index (χ4v) is 4.18. The number of nitrogens with zero attached hydrogens (tertiary/aromatic N) is 3. The first-order chi connectivity index (χ1) is 12.0. The smallest absolute Gasteiger partial charge is 0.233 e. The van der Waals surface area contributed by atoms with E-state index in [2.05, 4.69) is 34.6 Å². The number of aryl methyl sites for hydroxylation is 2. The van der Waals surface area contributed by atoms with Gasteiger partial charge in [0.15, 0.2) is 5.16 Å². The van der Waals surface area contributed by atoms with E-state index in [0.29, 0.717) is 6.04 Å². The Bertz CT molecular complexity index is 737. The zero-order chi connectivity index (χ0) is 17.8. The predicted molar refractivity (Wildman–Crippen MR) is 101 cm³/mol. The standard InChI is InChI=1S/C19H26N4OS/c1-13-8-7-11-17(12-13)23-15(3)21-22-19(23)25-14(2)18(24)20-16-9-5-4-6-10-16/h7-8,11-12,14,16H,4-6,9-10H2,1-3H3,(H,20,24)/t14-/m1/s1. The molecule has 1 amide bonds. The highest BCUT2D eigenvalue weighted by molar-refractivity contribution is 8.00. The van der Waals surface area contributed by atoms with Crippen LogP contribution in [0.25, 0.3) is 5.69 Å². The van der Waals surface area contributed by atoms with Crippen molar-refractivity contribution in [2.75, 3.05) is 0 Å². The predicted octanol–water partition coefficient (Wildman–Crippen LogP) is 3.81. The van der Waals surface area contributed by atoms with E-state index in [0.717, 1.165) is 29.5 Å². The van der Waals surface area contributed by atoms with Gasteiger partial charge in [0.2, 0.25) is 5.91 Å². The van der Waals surface area contributed by atoms with Crippen LogP contribution < -0.4 is 5.32 Å². The molecular weight excluding hydrogens is 332 g/mol. The minimum Gasteiger partial charge on any atom is -0.352 e. The summed E-state index contributed by atoms with van der Waals surface area (Å²) in [5, 5.41) is 12.3. The summed E-state index contributed by atoms with van der Waals surface area (Å²) in [5.41, 5.74) is 2.22. The SMILES string of the molecule is Cc1cccc(-n2c(C)nnc2S[C@H](C)C(=O)NC2CCCCC2)c1. The van der Waals surface area contributed by atoms with Crippen LogP contribution in [0.5, 0.6) is 0 Å². The molecule has 0 spiro atoms. The summed E-state index contributed by atoms with van der Waals surface area (Å²) in [4.78, 5) is 12.5. The first kappa shape index (κ1) is 18.0.